The van der Waals surface area contributed by atoms with E-state index < -0.39 is 0 Å². The first-order chi connectivity index (χ1) is 16.3. The summed E-state index contributed by atoms with van der Waals surface area (Å²) >= 11 is 0. The lowest BCUT2D eigenvalue weighted by atomic mass is 10.1. The van der Waals surface area contributed by atoms with E-state index in [0.717, 1.165) is 12.2 Å². The van der Waals surface area contributed by atoms with Crippen LogP contribution in [0.15, 0.2) is 84.0 Å². The van der Waals surface area contributed by atoms with Crippen molar-refractivity contribution in [2.24, 2.45) is 5.10 Å². The second-order valence-corrected chi connectivity index (χ2v) is 8.53. The first-order valence-corrected chi connectivity index (χ1v) is 11.2. The summed E-state index contributed by atoms with van der Waals surface area (Å²) in [7, 11) is 0. The molecule has 1 aliphatic rings. The molecule has 0 unspecified atom stereocenters. The van der Waals surface area contributed by atoms with Crippen molar-refractivity contribution in [1.29, 1.82) is 0 Å². The number of amidine groups is 1. The van der Waals surface area contributed by atoms with Gasteiger partial charge in [-0.2, -0.15) is 10.1 Å². The molecule has 7 heteroatoms. The Kier molecular flexibility index (Phi) is 6.63. The van der Waals surface area contributed by atoms with Crippen LogP contribution in [0.4, 0.5) is 5.69 Å². The molecule has 0 atom stereocenters. The van der Waals surface area contributed by atoms with Gasteiger partial charge in [-0.25, -0.2) is 0 Å². The van der Waals surface area contributed by atoms with Crippen LogP contribution in [0.25, 0.3) is 0 Å². The number of nitrogens with zero attached hydrogens (tertiary/aromatic N) is 2. The predicted octanol–water partition coefficient (Wildman–Crippen LogP) is 5.53. The summed E-state index contributed by atoms with van der Waals surface area (Å²) in [6.07, 6.45) is 0.877. The highest BCUT2D eigenvalue weighted by atomic mass is 16.5. The molecule has 4 rings (SSSR count). The molecule has 3 aromatic carbocycles. The Bertz CT molecular complexity index is 1190. The molecule has 0 aromatic heterocycles. The van der Waals surface area contributed by atoms with Gasteiger partial charge in [0, 0.05) is 5.56 Å². The van der Waals surface area contributed by atoms with Gasteiger partial charge in [0.15, 0.2) is 0 Å². The van der Waals surface area contributed by atoms with Crippen molar-refractivity contribution < 1.29 is 19.1 Å². The maximum Gasteiger partial charge on any atom is 0.256 e. The van der Waals surface area contributed by atoms with Gasteiger partial charge >= 0.3 is 0 Å². The van der Waals surface area contributed by atoms with Crippen LogP contribution in [0.3, 0.4) is 0 Å². The molecule has 0 fully saturated rings. The lowest BCUT2D eigenvalue weighted by Crippen LogP contribution is -2.30. The Hall–Kier alpha value is -4.13. The summed E-state index contributed by atoms with van der Waals surface area (Å²) in [4.78, 5) is 25.1. The Balaban J connectivity index is 1.39. The van der Waals surface area contributed by atoms with E-state index in [1.54, 1.807) is 48.5 Å². The molecule has 34 heavy (non-hydrogen) atoms. The third-order valence-corrected chi connectivity index (χ3v) is 5.46. The molecule has 1 aliphatic heterocycles. The molecule has 0 saturated carbocycles. The molecule has 1 heterocycles. The van der Waals surface area contributed by atoms with Crippen molar-refractivity contribution in [3.05, 3.63) is 84.4 Å². The number of hydrogen-bond acceptors (Lipinski definition) is 5. The van der Waals surface area contributed by atoms with Gasteiger partial charge in [0.25, 0.3) is 11.8 Å². The summed E-state index contributed by atoms with van der Waals surface area (Å²) in [5.74, 6) is 1.81. The summed E-state index contributed by atoms with van der Waals surface area (Å²) in [6.45, 7) is 6.08. The number of benzene rings is 3. The number of anilines is 1. The van der Waals surface area contributed by atoms with Crippen molar-refractivity contribution in [3.63, 3.8) is 0 Å². The van der Waals surface area contributed by atoms with Gasteiger partial charge in [0.2, 0.25) is 0 Å². The maximum absolute atomic E-state index is 12.6. The number of amides is 2. The zero-order chi connectivity index (χ0) is 24.1. The predicted molar refractivity (Wildman–Crippen MR) is 131 cm³/mol. The van der Waals surface area contributed by atoms with Gasteiger partial charge < -0.3 is 14.8 Å². The molecule has 0 spiro atoms. The van der Waals surface area contributed by atoms with Crippen LogP contribution in [-0.4, -0.2) is 23.3 Å². The van der Waals surface area contributed by atoms with Gasteiger partial charge in [0.05, 0.1) is 12.1 Å². The number of carbonyl (C=O) groups is 2. The molecule has 7 nitrogen and oxygen atoms in total. The van der Waals surface area contributed by atoms with Crippen molar-refractivity contribution in [1.82, 2.24) is 5.32 Å². The zero-order valence-corrected chi connectivity index (χ0v) is 19.4. The number of carbonyl (C=O) groups excluding carboxylic acids is 2. The van der Waals surface area contributed by atoms with E-state index >= 15 is 0 Å². The summed E-state index contributed by atoms with van der Waals surface area (Å²) in [5.41, 5.74) is 0.769. The summed E-state index contributed by atoms with van der Waals surface area (Å²) < 4.78 is 11.7. The monoisotopic (exact) mass is 457 g/mol. The van der Waals surface area contributed by atoms with Crippen molar-refractivity contribution in [3.8, 4) is 17.2 Å². The Labute approximate surface area is 199 Å². The fourth-order valence-corrected chi connectivity index (χ4v) is 3.25. The Morgan fingerprint density at radius 2 is 1.56 bits per heavy atom. The molecule has 0 radical (unpaired) electrons. The van der Waals surface area contributed by atoms with Crippen LogP contribution < -0.4 is 19.8 Å². The third kappa shape index (κ3) is 5.61. The standard InChI is InChI=1S/C27H27N3O4/c1-4-27(2,3)34-23-14-10-19(11-15-23)26(32)28-24-18-25(31)30(29-24)20-12-16-22(17-13-20)33-21-8-6-5-7-9-21/h5-17H,4,18H2,1-3H3,(H,28,29,32). The largest absolute Gasteiger partial charge is 0.488 e. The summed E-state index contributed by atoms with van der Waals surface area (Å²) in [5, 5.41) is 8.31. The molecule has 174 valence electrons. The van der Waals surface area contributed by atoms with Crippen LogP contribution >= 0.6 is 0 Å². The lowest BCUT2D eigenvalue weighted by Gasteiger charge is -2.24. The van der Waals surface area contributed by atoms with E-state index in [9.17, 15) is 9.59 Å². The van der Waals surface area contributed by atoms with Crippen LogP contribution in [-0.2, 0) is 4.79 Å². The number of hydrazone groups is 1. The van der Waals surface area contributed by atoms with E-state index in [1.807, 2.05) is 44.2 Å². The van der Waals surface area contributed by atoms with Crippen LogP contribution in [0.2, 0.25) is 0 Å². The van der Waals surface area contributed by atoms with E-state index in [2.05, 4.69) is 17.3 Å². The first-order valence-electron chi connectivity index (χ1n) is 11.2. The fourth-order valence-electron chi connectivity index (χ4n) is 3.25. The minimum absolute atomic E-state index is 0.0138. The van der Waals surface area contributed by atoms with E-state index in [1.165, 1.54) is 5.01 Å². The number of para-hydroxylation sites is 1. The Morgan fingerprint density at radius 3 is 2.21 bits per heavy atom. The average molecular weight is 458 g/mol. The topological polar surface area (TPSA) is 80.2 Å². The first kappa shape index (κ1) is 23.0. The Morgan fingerprint density at radius 1 is 0.941 bits per heavy atom. The quantitative estimate of drug-likeness (QED) is 0.506. The van der Waals surface area contributed by atoms with Gasteiger partial charge in [-0.05, 0) is 80.9 Å². The molecule has 1 N–H and O–H groups in total. The molecule has 0 aliphatic carbocycles. The van der Waals surface area contributed by atoms with Crippen LogP contribution in [0.1, 0.15) is 44.0 Å². The molecule has 2 amide bonds. The zero-order valence-electron chi connectivity index (χ0n) is 19.4. The molecule has 0 saturated heterocycles. The number of ether oxygens (including phenoxy) is 2. The number of rotatable bonds is 7. The third-order valence-electron chi connectivity index (χ3n) is 5.46. The smallest absolute Gasteiger partial charge is 0.256 e. The van der Waals surface area contributed by atoms with E-state index in [0.29, 0.717) is 28.6 Å². The normalized spacial score (nSPS) is 13.4. The van der Waals surface area contributed by atoms with Crippen LogP contribution in [0.5, 0.6) is 17.2 Å². The fraction of sp³-hybridized carbons (Fsp3) is 0.222. The minimum Gasteiger partial charge on any atom is -0.488 e. The highest BCUT2D eigenvalue weighted by molar-refractivity contribution is 6.17. The van der Waals surface area contributed by atoms with Gasteiger partial charge in [-0.3, -0.25) is 9.59 Å². The van der Waals surface area contributed by atoms with Crippen molar-refractivity contribution in [2.45, 2.75) is 39.2 Å². The number of nitrogens with one attached hydrogen (secondary N) is 1. The molecular weight excluding hydrogens is 430 g/mol. The summed E-state index contributed by atoms with van der Waals surface area (Å²) in [6, 6.07) is 23.4. The molecule has 0 bridgehead atoms. The lowest BCUT2D eigenvalue weighted by molar-refractivity contribution is -0.116. The van der Waals surface area contributed by atoms with Crippen molar-refractivity contribution >= 4 is 23.3 Å². The van der Waals surface area contributed by atoms with Gasteiger partial charge in [-0.15, -0.1) is 0 Å². The number of hydrogen-bond donors (Lipinski definition) is 1. The minimum atomic E-state index is -0.332. The van der Waals surface area contributed by atoms with Gasteiger partial charge in [-0.1, -0.05) is 25.1 Å². The average Bonchev–Trinajstić information content (AvgIpc) is 3.20. The van der Waals surface area contributed by atoms with E-state index in [-0.39, 0.29) is 23.8 Å². The second-order valence-electron chi connectivity index (χ2n) is 8.53. The highest BCUT2D eigenvalue weighted by Gasteiger charge is 2.27. The highest BCUT2D eigenvalue weighted by Crippen LogP contribution is 2.26. The second kappa shape index (κ2) is 9.79. The maximum atomic E-state index is 12.6. The van der Waals surface area contributed by atoms with E-state index in [4.69, 9.17) is 9.47 Å². The molecule has 3 aromatic rings. The van der Waals surface area contributed by atoms with Crippen molar-refractivity contribution in [2.75, 3.05) is 5.01 Å². The van der Waals surface area contributed by atoms with Gasteiger partial charge in [0.1, 0.15) is 28.7 Å². The molecular formula is C27H27N3O4. The SMILES string of the molecule is CCC(C)(C)Oc1ccc(C(=O)NC2=NN(c3ccc(Oc4ccccc4)cc3)C(=O)C2)cc1. The van der Waals surface area contributed by atoms with Crippen LogP contribution in [0, 0.1) is 0 Å².